The minimum Gasteiger partial charge on any atom is -0.486 e. The van der Waals surface area contributed by atoms with Crippen LogP contribution in [0.4, 0.5) is 4.79 Å². The number of nitrogens with zero attached hydrogens (tertiary/aromatic N) is 1. The number of rotatable bonds is 5. The number of benzene rings is 1. The number of carbonyl (C=O) groups excluding carboxylic acids is 1. The number of para-hydroxylation sites is 2. The number of likely N-dealkylation sites (tertiary alicyclic amines) is 1. The topological polar surface area (TPSA) is 83.1 Å². The highest BCUT2D eigenvalue weighted by molar-refractivity contribution is 5.74. The maximum absolute atomic E-state index is 12.0. The van der Waals surface area contributed by atoms with Crippen molar-refractivity contribution in [2.45, 2.75) is 51.0 Å². The number of aliphatic hydroxyl groups is 1. The molecule has 3 rings (SSSR count). The number of nitrogens with one attached hydrogen (secondary N) is 2. The zero-order valence-electron chi connectivity index (χ0n) is 15.5. The molecule has 2 amide bonds. The molecule has 1 saturated heterocycles. The monoisotopic (exact) mass is 363 g/mol. The summed E-state index contributed by atoms with van der Waals surface area (Å²) in [7, 11) is 0. The van der Waals surface area contributed by atoms with E-state index in [9.17, 15) is 9.90 Å². The van der Waals surface area contributed by atoms with Crippen molar-refractivity contribution >= 4 is 6.03 Å². The van der Waals surface area contributed by atoms with Crippen LogP contribution in [-0.4, -0.2) is 66.6 Å². The lowest BCUT2D eigenvalue weighted by molar-refractivity contribution is -0.0108. The van der Waals surface area contributed by atoms with Crippen LogP contribution in [0.15, 0.2) is 24.3 Å². The first-order chi connectivity index (χ1) is 12.5. The number of urea groups is 1. The molecular weight excluding hydrogens is 334 g/mol. The van der Waals surface area contributed by atoms with Crippen molar-refractivity contribution in [1.29, 1.82) is 0 Å². The quantitative estimate of drug-likeness (QED) is 0.736. The number of ether oxygens (including phenoxy) is 2. The molecule has 26 heavy (non-hydrogen) atoms. The molecule has 0 aromatic heterocycles. The molecule has 1 aromatic rings. The van der Waals surface area contributed by atoms with E-state index >= 15 is 0 Å². The Morgan fingerprint density at radius 3 is 2.65 bits per heavy atom. The number of hydrogen-bond acceptors (Lipinski definition) is 5. The Bertz CT molecular complexity index is 602. The second kappa shape index (κ2) is 8.60. The van der Waals surface area contributed by atoms with Gasteiger partial charge in [0.1, 0.15) is 12.7 Å². The average Bonchev–Trinajstić information content (AvgIpc) is 2.65. The van der Waals surface area contributed by atoms with E-state index in [1.165, 1.54) is 0 Å². The molecule has 0 spiro atoms. The number of hydrogen-bond donors (Lipinski definition) is 3. The van der Waals surface area contributed by atoms with Crippen molar-refractivity contribution in [2.24, 2.45) is 0 Å². The van der Waals surface area contributed by atoms with Gasteiger partial charge in [-0.15, -0.1) is 0 Å². The Morgan fingerprint density at radius 1 is 1.27 bits per heavy atom. The Hall–Kier alpha value is -1.99. The summed E-state index contributed by atoms with van der Waals surface area (Å²) in [5.41, 5.74) is 0. The smallest absolute Gasteiger partial charge is 0.317 e. The molecule has 0 radical (unpaired) electrons. The van der Waals surface area contributed by atoms with E-state index in [0.29, 0.717) is 24.9 Å². The first kappa shape index (κ1) is 18.8. The summed E-state index contributed by atoms with van der Waals surface area (Å²) in [6.07, 6.45) is 0.728. The Labute approximate surface area is 154 Å². The van der Waals surface area contributed by atoms with Crippen LogP contribution < -0.4 is 20.1 Å². The highest BCUT2D eigenvalue weighted by Crippen LogP contribution is 2.31. The normalized spacial score (nSPS) is 21.5. The first-order valence-electron chi connectivity index (χ1n) is 9.38. The zero-order valence-corrected chi connectivity index (χ0v) is 15.5. The van der Waals surface area contributed by atoms with Crippen LogP contribution in [-0.2, 0) is 0 Å². The molecule has 144 valence electrons. The fourth-order valence-corrected chi connectivity index (χ4v) is 3.27. The maximum atomic E-state index is 12.0. The van der Waals surface area contributed by atoms with Crippen molar-refractivity contribution in [2.75, 3.05) is 26.2 Å². The SMILES string of the molecule is CC(C)NC(=O)N1CCC(NCC(O)C2COc3ccccc3O2)CC1. The van der Waals surface area contributed by atoms with Gasteiger partial charge in [0, 0.05) is 31.7 Å². The lowest BCUT2D eigenvalue weighted by Crippen LogP contribution is -2.52. The molecule has 7 nitrogen and oxygen atoms in total. The largest absolute Gasteiger partial charge is 0.486 e. The maximum Gasteiger partial charge on any atom is 0.317 e. The number of piperidine rings is 1. The summed E-state index contributed by atoms with van der Waals surface area (Å²) in [5.74, 6) is 1.39. The molecule has 2 heterocycles. The van der Waals surface area contributed by atoms with Gasteiger partial charge >= 0.3 is 6.03 Å². The molecule has 3 N–H and O–H groups in total. The predicted molar refractivity (Wildman–Crippen MR) is 98.6 cm³/mol. The van der Waals surface area contributed by atoms with Gasteiger partial charge in [-0.05, 0) is 38.8 Å². The Kier molecular flexibility index (Phi) is 6.21. The molecule has 2 atom stereocenters. The third kappa shape index (κ3) is 4.80. The summed E-state index contributed by atoms with van der Waals surface area (Å²) in [6, 6.07) is 7.94. The second-order valence-corrected chi connectivity index (χ2v) is 7.26. The third-order valence-corrected chi connectivity index (χ3v) is 4.77. The summed E-state index contributed by atoms with van der Waals surface area (Å²) in [4.78, 5) is 13.9. The standard InChI is InChI=1S/C19H29N3O4/c1-13(2)21-19(24)22-9-7-14(8-10-22)20-11-15(23)18-12-25-16-5-3-4-6-17(16)26-18/h3-6,13-15,18,20,23H,7-12H2,1-2H3,(H,21,24). The minimum absolute atomic E-state index is 0.00454. The Balaban J connectivity index is 1.39. The van der Waals surface area contributed by atoms with Crippen LogP contribution in [0.5, 0.6) is 11.5 Å². The molecule has 2 aliphatic rings. The van der Waals surface area contributed by atoms with Crippen LogP contribution in [0.3, 0.4) is 0 Å². The van der Waals surface area contributed by atoms with E-state index in [0.717, 1.165) is 31.7 Å². The van der Waals surface area contributed by atoms with Crippen LogP contribution in [0, 0.1) is 0 Å². The summed E-state index contributed by atoms with van der Waals surface area (Å²) >= 11 is 0. The summed E-state index contributed by atoms with van der Waals surface area (Å²) in [6.45, 7) is 6.16. The van der Waals surface area contributed by atoms with Gasteiger partial charge in [0.05, 0.1) is 0 Å². The minimum atomic E-state index is -0.648. The summed E-state index contributed by atoms with van der Waals surface area (Å²) < 4.78 is 11.5. The van der Waals surface area contributed by atoms with Gasteiger partial charge in [0.2, 0.25) is 0 Å². The highest BCUT2D eigenvalue weighted by Gasteiger charge is 2.29. The van der Waals surface area contributed by atoms with E-state index < -0.39 is 6.10 Å². The van der Waals surface area contributed by atoms with E-state index in [1.54, 1.807) is 0 Å². The highest BCUT2D eigenvalue weighted by atomic mass is 16.6. The van der Waals surface area contributed by atoms with Crippen LogP contribution in [0.1, 0.15) is 26.7 Å². The van der Waals surface area contributed by atoms with Crippen molar-refractivity contribution < 1.29 is 19.4 Å². The molecule has 0 aliphatic carbocycles. The van der Waals surface area contributed by atoms with Gasteiger partial charge in [-0.1, -0.05) is 12.1 Å². The van der Waals surface area contributed by atoms with Gasteiger partial charge in [-0.2, -0.15) is 0 Å². The molecule has 2 aliphatic heterocycles. The predicted octanol–water partition coefficient (Wildman–Crippen LogP) is 1.36. The van der Waals surface area contributed by atoms with Crippen LogP contribution in [0.2, 0.25) is 0 Å². The molecular formula is C19H29N3O4. The van der Waals surface area contributed by atoms with E-state index in [2.05, 4.69) is 10.6 Å². The van der Waals surface area contributed by atoms with Crippen molar-refractivity contribution in [3.8, 4) is 11.5 Å². The van der Waals surface area contributed by atoms with E-state index in [4.69, 9.17) is 9.47 Å². The number of amides is 2. The van der Waals surface area contributed by atoms with Crippen LogP contribution >= 0.6 is 0 Å². The molecule has 0 saturated carbocycles. The Morgan fingerprint density at radius 2 is 1.96 bits per heavy atom. The lowest BCUT2D eigenvalue weighted by Gasteiger charge is -2.34. The first-order valence-corrected chi connectivity index (χ1v) is 9.38. The zero-order chi connectivity index (χ0) is 18.5. The molecule has 1 aromatic carbocycles. The lowest BCUT2D eigenvalue weighted by atomic mass is 10.0. The van der Waals surface area contributed by atoms with Gasteiger partial charge in [0.25, 0.3) is 0 Å². The molecule has 0 bridgehead atoms. The van der Waals surface area contributed by atoms with E-state index in [1.807, 2.05) is 43.0 Å². The van der Waals surface area contributed by atoms with Gasteiger partial charge < -0.3 is 30.1 Å². The number of aliphatic hydroxyl groups excluding tert-OH is 1. The van der Waals surface area contributed by atoms with Gasteiger partial charge in [-0.3, -0.25) is 0 Å². The summed E-state index contributed by atoms with van der Waals surface area (Å²) in [5, 5.41) is 16.8. The fourth-order valence-electron chi connectivity index (χ4n) is 3.27. The molecule has 7 heteroatoms. The van der Waals surface area contributed by atoms with Gasteiger partial charge in [-0.25, -0.2) is 4.79 Å². The number of carbonyl (C=O) groups is 1. The second-order valence-electron chi connectivity index (χ2n) is 7.26. The van der Waals surface area contributed by atoms with Crippen molar-refractivity contribution in [3.05, 3.63) is 24.3 Å². The molecule has 1 fully saturated rings. The van der Waals surface area contributed by atoms with Gasteiger partial charge in [0.15, 0.2) is 17.6 Å². The number of fused-ring (bicyclic) bond motifs is 1. The molecule has 2 unspecified atom stereocenters. The van der Waals surface area contributed by atoms with Crippen LogP contribution in [0.25, 0.3) is 0 Å². The van der Waals surface area contributed by atoms with Crippen molar-refractivity contribution in [3.63, 3.8) is 0 Å². The van der Waals surface area contributed by atoms with Crippen molar-refractivity contribution in [1.82, 2.24) is 15.5 Å². The van der Waals surface area contributed by atoms with E-state index in [-0.39, 0.29) is 18.2 Å². The average molecular weight is 363 g/mol. The fraction of sp³-hybridized carbons (Fsp3) is 0.632. The third-order valence-electron chi connectivity index (χ3n) is 4.77.